The number of halogens is 1. The minimum Gasteiger partial charge on any atom is -0.492 e. The summed E-state index contributed by atoms with van der Waals surface area (Å²) in [6.07, 6.45) is 1.33. The van der Waals surface area contributed by atoms with Crippen molar-refractivity contribution >= 4 is 21.8 Å². The fraction of sp³-hybridized carbons (Fsp3) is 0.533. The zero-order valence-corrected chi connectivity index (χ0v) is 13.4. The Hall–Kier alpha value is -1.07. The Kier molecular flexibility index (Phi) is 4.70. The number of carbonyl (C=O) groups excluding carboxylic acids is 1. The summed E-state index contributed by atoms with van der Waals surface area (Å²) >= 11 is 3.42. The van der Waals surface area contributed by atoms with Crippen molar-refractivity contribution in [3.05, 3.63) is 28.2 Å². The van der Waals surface area contributed by atoms with E-state index in [1.165, 1.54) is 0 Å². The summed E-state index contributed by atoms with van der Waals surface area (Å²) in [5, 5.41) is 12.2. The molecule has 4 nitrogen and oxygen atoms in total. The van der Waals surface area contributed by atoms with Crippen LogP contribution < -0.4 is 10.1 Å². The van der Waals surface area contributed by atoms with Gasteiger partial charge in [-0.3, -0.25) is 4.79 Å². The Bertz CT molecular complexity index is 506. The second-order valence-electron chi connectivity index (χ2n) is 5.42. The van der Waals surface area contributed by atoms with E-state index < -0.39 is 0 Å². The van der Waals surface area contributed by atoms with E-state index in [0.717, 1.165) is 22.2 Å². The number of aliphatic hydroxyl groups excluding tert-OH is 1. The molecule has 5 heteroatoms. The van der Waals surface area contributed by atoms with Gasteiger partial charge in [0.25, 0.3) is 0 Å². The molecule has 1 aliphatic heterocycles. The molecule has 0 spiro atoms. The summed E-state index contributed by atoms with van der Waals surface area (Å²) in [7, 11) is 0. The van der Waals surface area contributed by atoms with Gasteiger partial charge in [-0.15, -0.1) is 0 Å². The summed E-state index contributed by atoms with van der Waals surface area (Å²) in [6.45, 7) is 4.40. The van der Waals surface area contributed by atoms with Crippen molar-refractivity contribution in [3.63, 3.8) is 0 Å². The van der Waals surface area contributed by atoms with Gasteiger partial charge in [0.1, 0.15) is 18.3 Å². The Morgan fingerprint density at radius 2 is 2.35 bits per heavy atom. The first-order valence-corrected chi connectivity index (χ1v) is 7.63. The molecule has 20 heavy (non-hydrogen) atoms. The van der Waals surface area contributed by atoms with Gasteiger partial charge in [-0.05, 0) is 38.0 Å². The van der Waals surface area contributed by atoms with Crippen LogP contribution in [0.4, 0.5) is 0 Å². The van der Waals surface area contributed by atoms with Crippen LogP contribution in [0.5, 0.6) is 5.75 Å². The number of carbonyl (C=O) groups is 1. The molecule has 0 bridgehead atoms. The maximum Gasteiger partial charge on any atom is 0.231 e. The van der Waals surface area contributed by atoms with Crippen LogP contribution >= 0.6 is 15.9 Å². The monoisotopic (exact) mass is 341 g/mol. The Balaban J connectivity index is 2.14. The maximum absolute atomic E-state index is 12.5. The molecule has 0 radical (unpaired) electrons. The van der Waals surface area contributed by atoms with Gasteiger partial charge in [-0.1, -0.05) is 22.9 Å². The third-order valence-corrected chi connectivity index (χ3v) is 4.43. The van der Waals surface area contributed by atoms with Crippen LogP contribution in [0.25, 0.3) is 0 Å². The summed E-state index contributed by atoms with van der Waals surface area (Å²) in [5.74, 6) is 0.445. The lowest BCUT2D eigenvalue weighted by atomic mass is 9.92. The van der Waals surface area contributed by atoms with Gasteiger partial charge in [-0.25, -0.2) is 0 Å². The molecule has 2 N–H and O–H groups in total. The van der Waals surface area contributed by atoms with E-state index in [4.69, 9.17) is 9.84 Å². The Labute approximate surface area is 127 Å². The first-order valence-electron chi connectivity index (χ1n) is 6.84. The van der Waals surface area contributed by atoms with E-state index in [-0.39, 0.29) is 24.0 Å². The maximum atomic E-state index is 12.5. The van der Waals surface area contributed by atoms with Crippen molar-refractivity contribution in [2.24, 2.45) is 0 Å². The first kappa shape index (κ1) is 15.3. The summed E-state index contributed by atoms with van der Waals surface area (Å²) in [5.41, 5.74) is 0.542. The molecule has 2 atom stereocenters. The van der Waals surface area contributed by atoms with Gasteiger partial charge in [0.15, 0.2) is 0 Å². The minimum atomic E-state index is -0.374. The molecule has 0 saturated heterocycles. The van der Waals surface area contributed by atoms with Crippen LogP contribution in [0.1, 0.15) is 38.2 Å². The molecule has 0 saturated carbocycles. The second-order valence-corrected chi connectivity index (χ2v) is 6.34. The third-order valence-electron chi connectivity index (χ3n) is 3.94. The Morgan fingerprint density at radius 1 is 1.60 bits per heavy atom. The molecule has 2 unspecified atom stereocenters. The number of amides is 1. The highest BCUT2D eigenvalue weighted by molar-refractivity contribution is 9.10. The average molecular weight is 342 g/mol. The van der Waals surface area contributed by atoms with Gasteiger partial charge in [0.05, 0.1) is 0 Å². The number of fused-ring (bicyclic) bond motifs is 1. The lowest BCUT2D eigenvalue weighted by molar-refractivity contribution is -0.124. The minimum absolute atomic E-state index is 0.0420. The van der Waals surface area contributed by atoms with E-state index in [0.29, 0.717) is 13.0 Å². The number of nitrogens with one attached hydrogen (secondary N) is 1. The molecule has 0 aromatic heterocycles. The van der Waals surface area contributed by atoms with E-state index in [9.17, 15) is 4.79 Å². The fourth-order valence-electron chi connectivity index (χ4n) is 2.36. The highest BCUT2D eigenvalue weighted by atomic mass is 79.9. The molecule has 2 rings (SSSR count). The molecule has 1 heterocycles. The van der Waals surface area contributed by atoms with Crippen LogP contribution in [0, 0.1) is 0 Å². The van der Waals surface area contributed by atoms with Crippen molar-refractivity contribution in [1.29, 1.82) is 0 Å². The normalized spacial score (nSPS) is 19.9. The molecular formula is C15H20BrNO3. The molecule has 1 aromatic rings. The average Bonchev–Trinajstić information content (AvgIpc) is 2.81. The predicted molar refractivity (Wildman–Crippen MR) is 80.9 cm³/mol. The van der Waals surface area contributed by atoms with Crippen molar-refractivity contribution in [3.8, 4) is 5.75 Å². The summed E-state index contributed by atoms with van der Waals surface area (Å²) in [6, 6.07) is 5.71. The lowest BCUT2D eigenvalue weighted by Gasteiger charge is -2.30. The van der Waals surface area contributed by atoms with Crippen LogP contribution in [0.15, 0.2) is 22.7 Å². The standard InChI is InChI=1S/C15H20BrNO3/c1-3-15(2,6-7-18)17-14(19)12-9-20-13-5-4-10(16)8-11(12)13/h4-5,8,12,18H,3,6-7,9H2,1-2H3,(H,17,19). The van der Waals surface area contributed by atoms with Crippen molar-refractivity contribution in [2.75, 3.05) is 13.2 Å². The van der Waals surface area contributed by atoms with Crippen LogP contribution in [-0.4, -0.2) is 29.8 Å². The van der Waals surface area contributed by atoms with Crippen molar-refractivity contribution in [1.82, 2.24) is 5.32 Å². The summed E-state index contributed by atoms with van der Waals surface area (Å²) in [4.78, 5) is 12.5. The van der Waals surface area contributed by atoms with E-state index in [1.807, 2.05) is 32.0 Å². The number of hydrogen-bond acceptors (Lipinski definition) is 3. The van der Waals surface area contributed by atoms with Crippen LogP contribution in [0.3, 0.4) is 0 Å². The van der Waals surface area contributed by atoms with Crippen molar-refractivity contribution in [2.45, 2.75) is 38.1 Å². The highest BCUT2D eigenvalue weighted by Crippen LogP contribution is 2.36. The Morgan fingerprint density at radius 3 is 3.00 bits per heavy atom. The number of hydrogen-bond donors (Lipinski definition) is 2. The van der Waals surface area contributed by atoms with Gasteiger partial charge in [0, 0.05) is 22.2 Å². The van der Waals surface area contributed by atoms with E-state index in [1.54, 1.807) is 0 Å². The molecule has 1 aliphatic rings. The van der Waals surface area contributed by atoms with E-state index >= 15 is 0 Å². The fourth-order valence-corrected chi connectivity index (χ4v) is 2.74. The number of ether oxygens (including phenoxy) is 1. The molecule has 1 aromatic carbocycles. The molecule has 0 fully saturated rings. The lowest BCUT2D eigenvalue weighted by Crippen LogP contribution is -2.48. The quantitative estimate of drug-likeness (QED) is 0.865. The van der Waals surface area contributed by atoms with Gasteiger partial charge < -0.3 is 15.2 Å². The summed E-state index contributed by atoms with van der Waals surface area (Å²) < 4.78 is 6.50. The first-order chi connectivity index (χ1) is 9.49. The molecular weight excluding hydrogens is 322 g/mol. The molecule has 0 aliphatic carbocycles. The van der Waals surface area contributed by atoms with Crippen LogP contribution in [0.2, 0.25) is 0 Å². The van der Waals surface area contributed by atoms with Gasteiger partial charge in [0.2, 0.25) is 5.91 Å². The number of aliphatic hydroxyl groups is 1. The topological polar surface area (TPSA) is 58.6 Å². The highest BCUT2D eigenvalue weighted by Gasteiger charge is 2.34. The van der Waals surface area contributed by atoms with E-state index in [2.05, 4.69) is 21.2 Å². The molecule has 110 valence electrons. The zero-order chi connectivity index (χ0) is 14.8. The predicted octanol–water partition coefficient (Wildman–Crippen LogP) is 2.59. The number of rotatable bonds is 5. The zero-order valence-electron chi connectivity index (χ0n) is 11.8. The third kappa shape index (κ3) is 3.15. The number of benzene rings is 1. The second kappa shape index (κ2) is 6.14. The van der Waals surface area contributed by atoms with Crippen LogP contribution in [-0.2, 0) is 4.79 Å². The van der Waals surface area contributed by atoms with Gasteiger partial charge >= 0.3 is 0 Å². The molecule has 1 amide bonds. The smallest absolute Gasteiger partial charge is 0.231 e. The van der Waals surface area contributed by atoms with Gasteiger partial charge in [-0.2, -0.15) is 0 Å². The SMILES string of the molecule is CCC(C)(CCO)NC(=O)C1COc2ccc(Br)cc21. The van der Waals surface area contributed by atoms with Crippen molar-refractivity contribution < 1.29 is 14.6 Å². The largest absolute Gasteiger partial charge is 0.492 e.